The van der Waals surface area contributed by atoms with Gasteiger partial charge in [-0.15, -0.1) is 0 Å². The van der Waals surface area contributed by atoms with Gasteiger partial charge < -0.3 is 15.7 Å². The minimum absolute atomic E-state index is 0.120. The zero-order valence-electron chi connectivity index (χ0n) is 13.1. The molecule has 6 heteroatoms. The number of benzene rings is 2. The van der Waals surface area contributed by atoms with E-state index in [0.29, 0.717) is 18.4 Å². The van der Waals surface area contributed by atoms with Crippen LogP contribution in [0.5, 0.6) is 0 Å². The first-order valence-electron chi connectivity index (χ1n) is 7.71. The van der Waals surface area contributed by atoms with E-state index >= 15 is 0 Å². The molecule has 128 valence electrons. The molecule has 2 rings (SSSR count). The van der Waals surface area contributed by atoms with Gasteiger partial charge in [0, 0.05) is 25.6 Å². The standard InChI is InChI=1S/C18H20F2N2O2/c19-15-8-14(9-16(20)11-15)6-7-21-18(24)22-12-17(23)10-13-4-2-1-3-5-13/h1-5,8-9,11,17,23H,6-7,10,12H2,(H2,21,22,24). The van der Waals surface area contributed by atoms with Crippen LogP contribution < -0.4 is 10.6 Å². The Balaban J connectivity index is 1.66. The van der Waals surface area contributed by atoms with Crippen molar-refractivity contribution in [1.29, 1.82) is 0 Å². The number of aliphatic hydroxyl groups excluding tert-OH is 1. The van der Waals surface area contributed by atoms with Gasteiger partial charge in [0.25, 0.3) is 0 Å². The molecule has 2 aromatic carbocycles. The maximum atomic E-state index is 13.0. The van der Waals surface area contributed by atoms with E-state index in [1.165, 1.54) is 12.1 Å². The van der Waals surface area contributed by atoms with Gasteiger partial charge in [0.05, 0.1) is 6.10 Å². The van der Waals surface area contributed by atoms with E-state index in [9.17, 15) is 18.7 Å². The number of hydrogen-bond acceptors (Lipinski definition) is 2. The number of carbonyl (C=O) groups is 1. The van der Waals surface area contributed by atoms with Gasteiger partial charge in [-0.1, -0.05) is 30.3 Å². The van der Waals surface area contributed by atoms with Crippen molar-refractivity contribution in [3.8, 4) is 0 Å². The molecule has 1 atom stereocenters. The van der Waals surface area contributed by atoms with Gasteiger partial charge in [0.15, 0.2) is 0 Å². The Morgan fingerprint density at radius 2 is 1.67 bits per heavy atom. The molecule has 0 aromatic heterocycles. The van der Waals surface area contributed by atoms with Crippen LogP contribution in [-0.2, 0) is 12.8 Å². The molecule has 3 N–H and O–H groups in total. The second kappa shape index (κ2) is 8.98. The first-order valence-corrected chi connectivity index (χ1v) is 7.71. The molecule has 0 aliphatic carbocycles. The van der Waals surface area contributed by atoms with Crippen LogP contribution in [0, 0.1) is 11.6 Å². The highest BCUT2D eigenvalue weighted by atomic mass is 19.1. The molecule has 0 aliphatic heterocycles. The molecule has 2 aromatic rings. The second-order valence-corrected chi connectivity index (χ2v) is 5.51. The van der Waals surface area contributed by atoms with E-state index in [2.05, 4.69) is 10.6 Å². The van der Waals surface area contributed by atoms with E-state index in [1.54, 1.807) is 0 Å². The molecule has 0 radical (unpaired) electrons. The number of amides is 2. The fraction of sp³-hybridized carbons (Fsp3) is 0.278. The summed E-state index contributed by atoms with van der Waals surface area (Å²) in [5.74, 6) is -1.28. The lowest BCUT2D eigenvalue weighted by Gasteiger charge is -2.13. The van der Waals surface area contributed by atoms with E-state index in [-0.39, 0.29) is 13.1 Å². The molecule has 0 fully saturated rings. The lowest BCUT2D eigenvalue weighted by atomic mass is 10.1. The van der Waals surface area contributed by atoms with Gasteiger partial charge in [0.2, 0.25) is 0 Å². The van der Waals surface area contributed by atoms with Gasteiger partial charge in [-0.05, 0) is 29.7 Å². The van der Waals surface area contributed by atoms with E-state index in [4.69, 9.17) is 0 Å². The molecule has 0 heterocycles. The zero-order chi connectivity index (χ0) is 17.4. The van der Waals surface area contributed by atoms with Crippen LogP contribution in [0.25, 0.3) is 0 Å². The van der Waals surface area contributed by atoms with Crippen molar-refractivity contribution in [3.05, 3.63) is 71.3 Å². The van der Waals surface area contributed by atoms with Gasteiger partial charge in [0.1, 0.15) is 11.6 Å². The smallest absolute Gasteiger partial charge is 0.314 e. The summed E-state index contributed by atoms with van der Waals surface area (Å²) in [6.45, 7) is 0.360. The highest BCUT2D eigenvalue weighted by Gasteiger charge is 2.08. The SMILES string of the molecule is O=C(NCCc1cc(F)cc(F)c1)NCC(O)Cc1ccccc1. The Morgan fingerprint density at radius 1 is 1.00 bits per heavy atom. The van der Waals surface area contributed by atoms with E-state index in [0.717, 1.165) is 11.6 Å². The Morgan fingerprint density at radius 3 is 2.33 bits per heavy atom. The minimum Gasteiger partial charge on any atom is -0.391 e. The quantitative estimate of drug-likeness (QED) is 0.728. The lowest BCUT2D eigenvalue weighted by molar-refractivity contribution is 0.170. The Labute approximate surface area is 139 Å². The van der Waals surface area contributed by atoms with Gasteiger partial charge >= 0.3 is 6.03 Å². The number of halogens is 2. The third-order valence-corrected chi connectivity index (χ3v) is 3.43. The number of carbonyl (C=O) groups excluding carboxylic acids is 1. The van der Waals surface area contributed by atoms with Crippen LogP contribution >= 0.6 is 0 Å². The summed E-state index contributed by atoms with van der Waals surface area (Å²) in [7, 11) is 0. The number of nitrogens with one attached hydrogen (secondary N) is 2. The molecule has 0 saturated carbocycles. The van der Waals surface area contributed by atoms with Gasteiger partial charge in [-0.25, -0.2) is 13.6 Å². The van der Waals surface area contributed by atoms with Crippen molar-refractivity contribution in [1.82, 2.24) is 10.6 Å². The van der Waals surface area contributed by atoms with Crippen LogP contribution in [0.15, 0.2) is 48.5 Å². The first-order chi connectivity index (χ1) is 11.5. The third-order valence-electron chi connectivity index (χ3n) is 3.43. The summed E-state index contributed by atoms with van der Waals surface area (Å²) in [5, 5.41) is 15.0. The highest BCUT2D eigenvalue weighted by molar-refractivity contribution is 5.73. The Hall–Kier alpha value is -2.47. The summed E-state index contributed by atoms with van der Waals surface area (Å²) < 4.78 is 26.1. The molecular formula is C18H20F2N2O2. The van der Waals surface area contributed by atoms with Crippen molar-refractivity contribution < 1.29 is 18.7 Å². The zero-order valence-corrected chi connectivity index (χ0v) is 13.1. The van der Waals surface area contributed by atoms with Crippen molar-refractivity contribution in [2.24, 2.45) is 0 Å². The minimum atomic E-state index is -0.685. The maximum Gasteiger partial charge on any atom is 0.314 e. The number of urea groups is 1. The molecule has 24 heavy (non-hydrogen) atoms. The van der Waals surface area contributed by atoms with Crippen molar-refractivity contribution >= 4 is 6.03 Å². The molecular weight excluding hydrogens is 314 g/mol. The molecule has 0 bridgehead atoms. The van der Waals surface area contributed by atoms with Crippen LogP contribution in [-0.4, -0.2) is 30.3 Å². The highest BCUT2D eigenvalue weighted by Crippen LogP contribution is 2.08. The van der Waals surface area contributed by atoms with Crippen molar-refractivity contribution in [2.75, 3.05) is 13.1 Å². The summed E-state index contributed by atoms with van der Waals surface area (Å²) in [6, 6.07) is 12.3. The predicted octanol–water partition coefficient (Wildman–Crippen LogP) is 2.41. The predicted molar refractivity (Wildman–Crippen MR) is 87.6 cm³/mol. The summed E-state index contributed by atoms with van der Waals surface area (Å²) in [6.07, 6.45) is 0.0775. The van der Waals surface area contributed by atoms with Crippen LogP contribution in [0.1, 0.15) is 11.1 Å². The molecule has 0 aliphatic rings. The van der Waals surface area contributed by atoms with E-state index in [1.807, 2.05) is 30.3 Å². The third kappa shape index (κ3) is 6.34. The molecule has 0 saturated heterocycles. The summed E-state index contributed by atoms with van der Waals surface area (Å²) in [5.41, 5.74) is 1.46. The number of hydrogen-bond donors (Lipinski definition) is 3. The first kappa shape index (κ1) is 17.9. The van der Waals surface area contributed by atoms with Gasteiger partial charge in [-0.2, -0.15) is 0 Å². The largest absolute Gasteiger partial charge is 0.391 e. The molecule has 0 spiro atoms. The average Bonchev–Trinajstić information content (AvgIpc) is 2.53. The average molecular weight is 334 g/mol. The molecule has 2 amide bonds. The summed E-state index contributed by atoms with van der Waals surface area (Å²) in [4.78, 5) is 11.6. The normalized spacial score (nSPS) is 11.8. The Kier molecular flexibility index (Phi) is 6.69. The molecule has 4 nitrogen and oxygen atoms in total. The monoisotopic (exact) mass is 334 g/mol. The maximum absolute atomic E-state index is 13.0. The van der Waals surface area contributed by atoms with Crippen LogP contribution in [0.3, 0.4) is 0 Å². The van der Waals surface area contributed by atoms with Gasteiger partial charge in [-0.3, -0.25) is 0 Å². The Bertz CT molecular complexity index is 645. The van der Waals surface area contributed by atoms with E-state index < -0.39 is 23.8 Å². The fourth-order valence-electron chi connectivity index (χ4n) is 2.31. The number of rotatable bonds is 7. The fourth-order valence-corrected chi connectivity index (χ4v) is 2.31. The summed E-state index contributed by atoms with van der Waals surface area (Å²) >= 11 is 0. The number of aliphatic hydroxyl groups is 1. The topological polar surface area (TPSA) is 61.4 Å². The van der Waals surface area contributed by atoms with Crippen molar-refractivity contribution in [3.63, 3.8) is 0 Å². The second-order valence-electron chi connectivity index (χ2n) is 5.51. The molecule has 1 unspecified atom stereocenters. The van der Waals surface area contributed by atoms with Crippen LogP contribution in [0.4, 0.5) is 13.6 Å². The lowest BCUT2D eigenvalue weighted by Crippen LogP contribution is -2.41. The van der Waals surface area contributed by atoms with Crippen molar-refractivity contribution in [2.45, 2.75) is 18.9 Å². The van der Waals surface area contributed by atoms with Crippen LogP contribution in [0.2, 0.25) is 0 Å².